The molecule has 0 aromatic carbocycles. The van der Waals surface area contributed by atoms with Crippen LogP contribution in [0.25, 0.3) is 0 Å². The number of carbonyl (C=O) groups excluding carboxylic acids is 2. The average Bonchev–Trinajstić information content (AvgIpc) is 2.97. The Kier molecular flexibility index (Phi) is 6.28. The number of esters is 1. The first-order valence-corrected chi connectivity index (χ1v) is 7.91. The molecular formula is C14H24N6O5. The number of nitrogens with zero attached hydrogens (tertiary/aromatic N) is 3. The van der Waals surface area contributed by atoms with Gasteiger partial charge in [0.05, 0.1) is 12.9 Å². The molecule has 2 aliphatic heterocycles. The van der Waals surface area contributed by atoms with E-state index in [9.17, 15) is 14.7 Å². The maximum Gasteiger partial charge on any atom is 0.323 e. The molecule has 0 aliphatic carbocycles. The second-order valence-electron chi connectivity index (χ2n) is 6.14. The molecule has 0 spiro atoms. The average molecular weight is 356 g/mol. The Bertz CT molecular complexity index is 566. The van der Waals surface area contributed by atoms with Gasteiger partial charge in [0, 0.05) is 0 Å². The van der Waals surface area contributed by atoms with Crippen LogP contribution in [0.1, 0.15) is 13.8 Å². The number of aliphatic imine (C=N–C) groups is 2. The molecule has 11 nitrogen and oxygen atoms in total. The monoisotopic (exact) mass is 356 g/mol. The minimum absolute atomic E-state index is 0.00621. The first-order valence-electron chi connectivity index (χ1n) is 7.91. The molecule has 0 bridgehead atoms. The number of guanidine groups is 1. The zero-order valence-electron chi connectivity index (χ0n) is 14.2. The molecule has 2 aliphatic rings. The van der Waals surface area contributed by atoms with Gasteiger partial charge in [-0.05, 0) is 5.92 Å². The number of rotatable bonds is 8. The number of aliphatic hydroxyl groups excluding tert-OH is 1. The number of hydrogen-bond donors (Lipinski definition) is 4. The van der Waals surface area contributed by atoms with Crippen molar-refractivity contribution in [2.75, 3.05) is 19.9 Å². The molecule has 25 heavy (non-hydrogen) atoms. The summed E-state index contributed by atoms with van der Waals surface area (Å²) >= 11 is 0. The number of carbonyl (C=O) groups is 2. The van der Waals surface area contributed by atoms with Crippen molar-refractivity contribution in [3.63, 3.8) is 0 Å². The highest BCUT2D eigenvalue weighted by atomic mass is 16.6. The van der Waals surface area contributed by atoms with Crippen molar-refractivity contribution in [1.82, 2.24) is 10.2 Å². The van der Waals surface area contributed by atoms with E-state index in [1.165, 1.54) is 6.34 Å². The fourth-order valence-electron chi connectivity index (χ4n) is 2.21. The minimum Gasteiger partial charge on any atom is -0.462 e. The molecule has 4 atom stereocenters. The summed E-state index contributed by atoms with van der Waals surface area (Å²) in [6, 6.07) is -1.42. The number of fused-ring (bicyclic) bond motifs is 1. The molecule has 0 saturated heterocycles. The molecule has 2 heterocycles. The molecule has 0 fully saturated rings. The molecule has 140 valence electrons. The molecule has 0 saturated carbocycles. The largest absolute Gasteiger partial charge is 0.462 e. The van der Waals surface area contributed by atoms with E-state index in [2.05, 4.69) is 15.3 Å². The predicted molar refractivity (Wildman–Crippen MR) is 88.3 cm³/mol. The molecule has 0 radical (unpaired) electrons. The van der Waals surface area contributed by atoms with Crippen LogP contribution in [-0.4, -0.2) is 78.5 Å². The molecule has 2 rings (SSSR count). The Morgan fingerprint density at radius 2 is 2.24 bits per heavy atom. The van der Waals surface area contributed by atoms with Crippen LogP contribution in [0.4, 0.5) is 0 Å². The number of ether oxygens (including phenoxy) is 2. The summed E-state index contributed by atoms with van der Waals surface area (Å²) in [5, 5.41) is 11.8. The number of amides is 1. The number of nitrogens with two attached hydrogens (primary N) is 2. The lowest BCUT2D eigenvalue weighted by Gasteiger charge is -2.28. The fourth-order valence-corrected chi connectivity index (χ4v) is 2.21. The van der Waals surface area contributed by atoms with Gasteiger partial charge in [-0.25, -0.2) is 4.99 Å². The van der Waals surface area contributed by atoms with Crippen molar-refractivity contribution in [3.05, 3.63) is 0 Å². The van der Waals surface area contributed by atoms with Gasteiger partial charge in [-0.1, -0.05) is 13.8 Å². The van der Waals surface area contributed by atoms with Gasteiger partial charge in [-0.2, -0.15) is 0 Å². The van der Waals surface area contributed by atoms with Gasteiger partial charge in [0.25, 0.3) is 5.91 Å². The van der Waals surface area contributed by atoms with Gasteiger partial charge in [-0.15, -0.1) is 0 Å². The highest BCUT2D eigenvalue weighted by molar-refractivity contribution is 6.02. The van der Waals surface area contributed by atoms with Crippen LogP contribution < -0.4 is 16.8 Å². The van der Waals surface area contributed by atoms with Gasteiger partial charge < -0.3 is 30.9 Å². The molecule has 11 heteroatoms. The summed E-state index contributed by atoms with van der Waals surface area (Å²) < 4.78 is 10.6. The topological polar surface area (TPSA) is 165 Å². The zero-order chi connectivity index (χ0) is 18.6. The van der Waals surface area contributed by atoms with Crippen LogP contribution in [0.3, 0.4) is 0 Å². The van der Waals surface area contributed by atoms with Crippen molar-refractivity contribution in [3.8, 4) is 0 Å². The predicted octanol–water partition coefficient (Wildman–Crippen LogP) is -2.67. The SMILES string of the molecule is CC(C)[C@H](N)C(=O)OCC(CO)OCN1C=NC2C(=O)NC(N)=NC21. The lowest BCUT2D eigenvalue weighted by molar-refractivity contribution is -0.153. The van der Waals surface area contributed by atoms with Gasteiger partial charge in [0.15, 0.2) is 18.2 Å². The standard InChI is InChI=1S/C14H24N6O5/c1-7(2)9(15)13(23)24-4-8(3-21)25-6-20-5-17-10-11(20)18-14(16)19-12(10)22/h5,7-11,21H,3-4,6,15H2,1-2H3,(H3,16,18,19,22)/t8?,9-,10?,11?/m0/s1. The summed E-state index contributed by atoms with van der Waals surface area (Å²) in [6.45, 7) is 3.12. The lowest BCUT2D eigenvalue weighted by Crippen LogP contribution is -2.54. The van der Waals surface area contributed by atoms with Gasteiger partial charge in [0.1, 0.15) is 25.5 Å². The van der Waals surface area contributed by atoms with Crippen LogP contribution >= 0.6 is 0 Å². The number of hydrogen-bond acceptors (Lipinski definition) is 10. The second-order valence-corrected chi connectivity index (χ2v) is 6.14. The second kappa shape index (κ2) is 8.23. The van der Waals surface area contributed by atoms with Crippen molar-refractivity contribution < 1.29 is 24.2 Å². The van der Waals surface area contributed by atoms with E-state index < -0.39 is 30.3 Å². The van der Waals surface area contributed by atoms with Crippen LogP contribution in [0.5, 0.6) is 0 Å². The van der Waals surface area contributed by atoms with Crippen LogP contribution in [0.15, 0.2) is 9.98 Å². The Labute approximate surface area is 145 Å². The first kappa shape index (κ1) is 19.1. The van der Waals surface area contributed by atoms with Crippen molar-refractivity contribution in [2.24, 2.45) is 27.4 Å². The van der Waals surface area contributed by atoms with Crippen LogP contribution in [-0.2, 0) is 19.1 Å². The zero-order valence-corrected chi connectivity index (χ0v) is 14.2. The summed E-state index contributed by atoms with van der Waals surface area (Å²) in [5.74, 6) is -0.940. The Morgan fingerprint density at radius 3 is 2.88 bits per heavy atom. The fraction of sp³-hybridized carbons (Fsp3) is 0.714. The van der Waals surface area contributed by atoms with E-state index in [4.69, 9.17) is 20.9 Å². The molecule has 1 amide bonds. The normalized spacial score (nSPS) is 24.6. The van der Waals surface area contributed by atoms with E-state index >= 15 is 0 Å². The Balaban J connectivity index is 1.83. The smallest absolute Gasteiger partial charge is 0.323 e. The molecule has 0 aromatic heterocycles. The van der Waals surface area contributed by atoms with Crippen molar-refractivity contribution in [1.29, 1.82) is 0 Å². The quantitative estimate of drug-likeness (QED) is 0.342. The van der Waals surface area contributed by atoms with Gasteiger partial charge in [0.2, 0.25) is 0 Å². The van der Waals surface area contributed by atoms with E-state index in [0.717, 1.165) is 0 Å². The Morgan fingerprint density at radius 1 is 1.52 bits per heavy atom. The van der Waals surface area contributed by atoms with Gasteiger partial charge >= 0.3 is 5.97 Å². The van der Waals surface area contributed by atoms with Crippen molar-refractivity contribution in [2.45, 2.75) is 38.2 Å². The van der Waals surface area contributed by atoms with E-state index in [1.807, 2.05) is 13.8 Å². The number of aliphatic hydroxyl groups is 1. The highest BCUT2D eigenvalue weighted by Gasteiger charge is 2.39. The Hall–Kier alpha value is -2.24. The van der Waals surface area contributed by atoms with Gasteiger partial charge in [-0.3, -0.25) is 19.9 Å². The number of nitrogens with one attached hydrogen (secondary N) is 1. The van der Waals surface area contributed by atoms with Crippen molar-refractivity contribution >= 4 is 24.2 Å². The summed E-state index contributed by atoms with van der Waals surface area (Å²) in [7, 11) is 0. The van der Waals surface area contributed by atoms with Crippen LogP contribution in [0, 0.1) is 5.92 Å². The summed E-state index contributed by atoms with van der Waals surface area (Å²) in [6.07, 6.45) is 0.103. The van der Waals surface area contributed by atoms with E-state index in [0.29, 0.717) is 0 Å². The first-order chi connectivity index (χ1) is 11.8. The molecular weight excluding hydrogens is 332 g/mol. The maximum atomic E-state index is 11.8. The van der Waals surface area contributed by atoms with E-state index in [1.54, 1.807) is 4.90 Å². The third-order valence-corrected chi connectivity index (χ3v) is 3.85. The summed E-state index contributed by atoms with van der Waals surface area (Å²) in [4.78, 5) is 33.2. The molecule has 6 N–H and O–H groups in total. The molecule has 0 aromatic rings. The van der Waals surface area contributed by atoms with E-state index in [-0.39, 0.29) is 37.7 Å². The van der Waals surface area contributed by atoms with Crippen LogP contribution in [0.2, 0.25) is 0 Å². The lowest BCUT2D eigenvalue weighted by atomic mass is 10.1. The minimum atomic E-state index is -0.741. The third kappa shape index (κ3) is 4.65. The highest BCUT2D eigenvalue weighted by Crippen LogP contribution is 2.18. The maximum absolute atomic E-state index is 11.8. The third-order valence-electron chi connectivity index (χ3n) is 3.85. The summed E-state index contributed by atoms with van der Waals surface area (Å²) in [5.41, 5.74) is 11.2. The molecule has 3 unspecified atom stereocenters.